The van der Waals surface area contributed by atoms with Crippen LogP contribution < -0.4 is 4.90 Å². The summed E-state index contributed by atoms with van der Waals surface area (Å²) in [6.45, 7) is 0. The number of allylic oxidation sites excluding steroid dienone is 4. The first-order valence-electron chi connectivity index (χ1n) is 19.5. The van der Waals surface area contributed by atoms with Gasteiger partial charge in [-0.1, -0.05) is 146 Å². The van der Waals surface area contributed by atoms with Crippen LogP contribution in [0, 0.1) is 0 Å². The maximum Gasteiger partial charge on any atom is 0.136 e. The number of hydrogen-bond acceptors (Lipinski definition) is 2. The van der Waals surface area contributed by atoms with E-state index in [1.165, 1.54) is 72.2 Å². The zero-order chi connectivity index (χ0) is 36.8. The molecule has 3 aliphatic carbocycles. The summed E-state index contributed by atoms with van der Waals surface area (Å²) in [5.74, 6) is 0. The van der Waals surface area contributed by atoms with E-state index in [0.717, 1.165) is 40.0 Å². The van der Waals surface area contributed by atoms with Gasteiger partial charge in [-0.05, 0) is 128 Å². The zero-order valence-electron chi connectivity index (χ0n) is 30.6. The second-order valence-electron chi connectivity index (χ2n) is 15.2. The average Bonchev–Trinajstić information content (AvgIpc) is 4.02. The number of benzene rings is 8. The fraction of sp³-hybridized carbons (Fsp3) is 0.0370. The van der Waals surface area contributed by atoms with Crippen LogP contribution in [0.25, 0.3) is 60.9 Å². The molecule has 2 nitrogen and oxygen atoms in total. The van der Waals surface area contributed by atoms with Gasteiger partial charge in [0.05, 0.1) is 5.41 Å². The van der Waals surface area contributed by atoms with Crippen LogP contribution in [0.1, 0.15) is 28.7 Å². The Morgan fingerprint density at radius 1 is 0.411 bits per heavy atom. The van der Waals surface area contributed by atoms with Gasteiger partial charge in [0.15, 0.2) is 0 Å². The van der Waals surface area contributed by atoms with Gasteiger partial charge < -0.3 is 9.32 Å². The van der Waals surface area contributed by atoms with Crippen molar-refractivity contribution in [3.05, 3.63) is 228 Å². The summed E-state index contributed by atoms with van der Waals surface area (Å²) in [6, 6.07) is 68.6. The molecule has 1 atom stereocenters. The minimum atomic E-state index is -0.409. The van der Waals surface area contributed by atoms with E-state index in [2.05, 4.69) is 205 Å². The highest BCUT2D eigenvalue weighted by atomic mass is 16.3. The van der Waals surface area contributed by atoms with E-state index in [1.54, 1.807) is 0 Å². The summed E-state index contributed by atoms with van der Waals surface area (Å²) in [6.07, 6.45) is 5.68. The second kappa shape index (κ2) is 11.9. The largest absolute Gasteiger partial charge is 0.456 e. The van der Waals surface area contributed by atoms with Crippen molar-refractivity contribution < 1.29 is 4.42 Å². The Kier molecular flexibility index (Phi) is 6.64. The van der Waals surface area contributed by atoms with Crippen LogP contribution in [0.15, 0.2) is 210 Å². The molecule has 9 aromatic rings. The van der Waals surface area contributed by atoms with Crippen molar-refractivity contribution in [1.29, 1.82) is 0 Å². The highest BCUT2D eigenvalue weighted by Gasteiger charge is 2.53. The van der Waals surface area contributed by atoms with Crippen molar-refractivity contribution in [3.63, 3.8) is 0 Å². The first kappa shape index (κ1) is 31.2. The highest BCUT2D eigenvalue weighted by Crippen LogP contribution is 2.64. The molecule has 0 fully saturated rings. The molecule has 8 aromatic carbocycles. The average molecular weight is 714 g/mol. The predicted molar refractivity (Wildman–Crippen MR) is 232 cm³/mol. The van der Waals surface area contributed by atoms with Crippen LogP contribution in [-0.4, -0.2) is 0 Å². The van der Waals surface area contributed by atoms with Gasteiger partial charge >= 0.3 is 0 Å². The van der Waals surface area contributed by atoms with Gasteiger partial charge in [-0.3, -0.25) is 0 Å². The van der Waals surface area contributed by atoms with Gasteiger partial charge in [0.1, 0.15) is 11.2 Å². The number of para-hydroxylation sites is 1. The number of furan rings is 1. The smallest absolute Gasteiger partial charge is 0.136 e. The minimum absolute atomic E-state index is 0.409. The molecule has 262 valence electrons. The number of fused-ring (bicyclic) bond motifs is 12. The number of hydrogen-bond donors (Lipinski definition) is 0. The maximum atomic E-state index is 6.46. The SMILES string of the molecule is C1=CC2=C(C1)c1cc(N(c3ccc(-c4ccccc4)cc3)c3ccc(-c4ccccc4)cc3)ccc1C21c2ccccc2-c2cc3oc4ccccc4c3cc21. The predicted octanol–water partition coefficient (Wildman–Crippen LogP) is 14.4. The topological polar surface area (TPSA) is 16.4 Å². The fourth-order valence-corrected chi connectivity index (χ4v) is 9.89. The molecule has 0 saturated heterocycles. The van der Waals surface area contributed by atoms with E-state index in [1.807, 2.05) is 0 Å². The van der Waals surface area contributed by atoms with E-state index >= 15 is 0 Å². The second-order valence-corrected chi connectivity index (χ2v) is 15.2. The quantitative estimate of drug-likeness (QED) is 0.177. The zero-order valence-corrected chi connectivity index (χ0v) is 30.6. The fourth-order valence-electron chi connectivity index (χ4n) is 9.89. The lowest BCUT2D eigenvalue weighted by Crippen LogP contribution is -2.26. The Balaban J connectivity index is 1.05. The molecule has 3 aliphatic rings. The lowest BCUT2D eigenvalue weighted by Gasteiger charge is -2.32. The van der Waals surface area contributed by atoms with Crippen molar-refractivity contribution >= 4 is 44.6 Å². The number of anilines is 3. The Morgan fingerprint density at radius 3 is 1.71 bits per heavy atom. The van der Waals surface area contributed by atoms with Gasteiger partial charge in [-0.25, -0.2) is 0 Å². The Bertz CT molecular complexity index is 2990. The van der Waals surface area contributed by atoms with Crippen molar-refractivity contribution in [2.24, 2.45) is 0 Å². The van der Waals surface area contributed by atoms with Crippen molar-refractivity contribution in [2.75, 3.05) is 4.90 Å². The van der Waals surface area contributed by atoms with Gasteiger partial charge in [0, 0.05) is 27.8 Å². The minimum Gasteiger partial charge on any atom is -0.456 e. The summed E-state index contributed by atoms with van der Waals surface area (Å²) >= 11 is 0. The third-order valence-corrected chi connectivity index (χ3v) is 12.3. The van der Waals surface area contributed by atoms with Crippen molar-refractivity contribution in [3.8, 4) is 33.4 Å². The molecule has 12 rings (SSSR count). The number of rotatable bonds is 5. The molecule has 1 heterocycles. The third-order valence-electron chi connectivity index (χ3n) is 12.3. The van der Waals surface area contributed by atoms with Gasteiger partial charge in [0.2, 0.25) is 0 Å². The lowest BCUT2D eigenvalue weighted by atomic mass is 9.69. The van der Waals surface area contributed by atoms with Crippen molar-refractivity contribution in [2.45, 2.75) is 11.8 Å². The van der Waals surface area contributed by atoms with E-state index in [-0.39, 0.29) is 0 Å². The Labute approximate surface area is 325 Å². The van der Waals surface area contributed by atoms with Crippen LogP contribution in [0.3, 0.4) is 0 Å². The first-order valence-corrected chi connectivity index (χ1v) is 19.5. The summed E-state index contributed by atoms with van der Waals surface area (Å²) in [5.41, 5.74) is 20.4. The van der Waals surface area contributed by atoms with E-state index in [9.17, 15) is 0 Å². The molecule has 1 unspecified atom stereocenters. The molecule has 2 heteroatoms. The monoisotopic (exact) mass is 713 g/mol. The molecule has 0 saturated carbocycles. The standard InChI is InChI=1S/C54H35NO/c1-3-12-35(13-4-1)37-22-26-39(27-23-37)55(40-28-24-38(25-29-40)36-14-5-2-6-15-36)41-30-31-50-45(32-41)43-18-11-20-49(43)54(50)48-19-9-7-16-42(48)46-34-53-47(33-51(46)54)44-17-8-10-21-52(44)56-53/h1-17,19-34H,18H2. The summed E-state index contributed by atoms with van der Waals surface area (Å²) in [5, 5.41) is 2.33. The van der Waals surface area contributed by atoms with Crippen LogP contribution in [0.5, 0.6) is 0 Å². The maximum absolute atomic E-state index is 6.46. The molecule has 1 aromatic heterocycles. The Morgan fingerprint density at radius 2 is 1.00 bits per heavy atom. The molecular formula is C54H35NO. The van der Waals surface area contributed by atoms with Crippen LogP contribution in [0.2, 0.25) is 0 Å². The normalized spacial score (nSPS) is 16.1. The molecular weight excluding hydrogens is 679 g/mol. The van der Waals surface area contributed by atoms with Gasteiger partial charge in [0.25, 0.3) is 0 Å². The molecule has 1 spiro atoms. The van der Waals surface area contributed by atoms with Crippen LogP contribution in [0.4, 0.5) is 17.1 Å². The lowest BCUT2D eigenvalue weighted by molar-refractivity contribution is 0.669. The van der Waals surface area contributed by atoms with Gasteiger partial charge in [-0.2, -0.15) is 0 Å². The molecule has 56 heavy (non-hydrogen) atoms. The third kappa shape index (κ3) is 4.38. The summed E-state index contributed by atoms with van der Waals surface area (Å²) in [4.78, 5) is 2.41. The number of nitrogens with zero attached hydrogens (tertiary/aromatic N) is 1. The van der Waals surface area contributed by atoms with E-state index in [0.29, 0.717) is 0 Å². The van der Waals surface area contributed by atoms with Gasteiger partial charge in [-0.15, -0.1) is 0 Å². The molecule has 0 amide bonds. The molecule has 0 bridgehead atoms. The van der Waals surface area contributed by atoms with Crippen LogP contribution >= 0.6 is 0 Å². The van der Waals surface area contributed by atoms with Crippen LogP contribution in [-0.2, 0) is 5.41 Å². The first-order chi connectivity index (χ1) is 27.8. The Hall–Kier alpha value is -7.16. The highest BCUT2D eigenvalue weighted by molar-refractivity contribution is 6.09. The molecule has 0 N–H and O–H groups in total. The summed E-state index contributed by atoms with van der Waals surface area (Å²) in [7, 11) is 0. The van der Waals surface area contributed by atoms with Crippen molar-refractivity contribution in [1.82, 2.24) is 0 Å². The molecule has 0 radical (unpaired) electrons. The van der Waals surface area contributed by atoms with E-state index < -0.39 is 5.41 Å². The molecule has 0 aliphatic heterocycles. The van der Waals surface area contributed by atoms with E-state index in [4.69, 9.17) is 4.42 Å². The summed E-state index contributed by atoms with van der Waals surface area (Å²) < 4.78 is 6.46.